The van der Waals surface area contributed by atoms with Crippen LogP contribution in [0.4, 0.5) is 5.82 Å². The van der Waals surface area contributed by atoms with Crippen LogP contribution in [0.25, 0.3) is 0 Å². The summed E-state index contributed by atoms with van der Waals surface area (Å²) in [5.41, 5.74) is 1.17. The number of rotatable bonds is 4. The van der Waals surface area contributed by atoms with E-state index in [0.29, 0.717) is 27.9 Å². The van der Waals surface area contributed by atoms with Crippen LogP contribution in [0, 0.1) is 6.92 Å². The van der Waals surface area contributed by atoms with Gasteiger partial charge in [-0.3, -0.25) is 4.79 Å². The van der Waals surface area contributed by atoms with Gasteiger partial charge in [0.1, 0.15) is 17.9 Å². The van der Waals surface area contributed by atoms with Gasteiger partial charge in [-0.1, -0.05) is 17.7 Å². The summed E-state index contributed by atoms with van der Waals surface area (Å²) in [4.78, 5) is 24.4. The number of hydrogen-bond donors (Lipinski definition) is 1. The zero-order chi connectivity index (χ0) is 16.9. The molecule has 0 atom stereocenters. The number of benzene rings is 1. The molecule has 7 heteroatoms. The van der Waals surface area contributed by atoms with Crippen LogP contribution in [0.15, 0.2) is 55.1 Å². The first-order valence-corrected chi connectivity index (χ1v) is 7.46. The molecule has 0 radical (unpaired) electrons. The van der Waals surface area contributed by atoms with Gasteiger partial charge in [-0.2, -0.15) is 0 Å². The minimum Gasteiger partial charge on any atom is -0.454 e. The predicted octanol–water partition coefficient (Wildman–Crippen LogP) is 3.88. The van der Waals surface area contributed by atoms with E-state index >= 15 is 0 Å². The van der Waals surface area contributed by atoms with Gasteiger partial charge in [-0.05, 0) is 37.3 Å². The zero-order valence-corrected chi connectivity index (χ0v) is 13.5. The first-order chi connectivity index (χ1) is 11.6. The lowest BCUT2D eigenvalue weighted by atomic mass is 10.2. The number of nitrogens with one attached hydrogen (secondary N) is 1. The number of amides is 1. The van der Waals surface area contributed by atoms with Gasteiger partial charge in [0.2, 0.25) is 0 Å². The summed E-state index contributed by atoms with van der Waals surface area (Å²) in [5.74, 6) is 1.01. The number of ether oxygens (including phenoxy) is 1. The third kappa shape index (κ3) is 4.05. The van der Waals surface area contributed by atoms with Crippen LogP contribution in [0.2, 0.25) is 5.02 Å². The average molecular weight is 341 g/mol. The van der Waals surface area contributed by atoms with Gasteiger partial charge in [0.25, 0.3) is 5.91 Å². The van der Waals surface area contributed by atoms with Crippen LogP contribution in [0.1, 0.15) is 16.1 Å². The van der Waals surface area contributed by atoms with Crippen LogP contribution in [0.5, 0.6) is 11.5 Å². The summed E-state index contributed by atoms with van der Waals surface area (Å²) in [6.45, 7) is 1.85. The van der Waals surface area contributed by atoms with Crippen molar-refractivity contribution in [1.82, 2.24) is 15.0 Å². The fourth-order valence-electron chi connectivity index (χ4n) is 2.03. The lowest BCUT2D eigenvalue weighted by Gasteiger charge is -2.09. The molecule has 1 amide bonds. The Morgan fingerprint density at radius 2 is 1.92 bits per heavy atom. The van der Waals surface area contributed by atoms with Crippen molar-refractivity contribution in [2.45, 2.75) is 6.92 Å². The van der Waals surface area contributed by atoms with Crippen molar-refractivity contribution in [2.75, 3.05) is 5.32 Å². The molecule has 2 heterocycles. The Morgan fingerprint density at radius 3 is 2.67 bits per heavy atom. The Morgan fingerprint density at radius 1 is 1.12 bits per heavy atom. The smallest absolute Gasteiger partial charge is 0.257 e. The largest absolute Gasteiger partial charge is 0.454 e. The predicted molar refractivity (Wildman–Crippen MR) is 90.5 cm³/mol. The van der Waals surface area contributed by atoms with Gasteiger partial charge >= 0.3 is 0 Å². The lowest BCUT2D eigenvalue weighted by molar-refractivity contribution is 0.102. The number of hydrogen-bond acceptors (Lipinski definition) is 5. The van der Waals surface area contributed by atoms with Gasteiger partial charge in [0.15, 0.2) is 5.75 Å². The molecule has 0 spiro atoms. The van der Waals surface area contributed by atoms with E-state index in [4.69, 9.17) is 16.3 Å². The molecule has 1 N–H and O–H groups in total. The third-order valence-corrected chi connectivity index (χ3v) is 3.25. The molecule has 6 nitrogen and oxygen atoms in total. The third-order valence-electron chi connectivity index (χ3n) is 3.04. The zero-order valence-electron chi connectivity index (χ0n) is 12.7. The molecular formula is C17H13ClN4O2. The second kappa shape index (κ2) is 7.06. The van der Waals surface area contributed by atoms with Crippen molar-refractivity contribution >= 4 is 23.3 Å². The quantitative estimate of drug-likeness (QED) is 0.780. The summed E-state index contributed by atoms with van der Waals surface area (Å²) in [5, 5.41) is 3.11. The molecular weight excluding hydrogens is 328 g/mol. The van der Waals surface area contributed by atoms with Crippen LogP contribution in [0.3, 0.4) is 0 Å². The summed E-state index contributed by atoms with van der Waals surface area (Å²) >= 11 is 6.08. The molecule has 1 aromatic carbocycles. The molecule has 3 aromatic rings. The van der Waals surface area contributed by atoms with Crippen molar-refractivity contribution in [3.05, 3.63) is 71.4 Å². The molecule has 0 unspecified atom stereocenters. The molecule has 3 rings (SSSR count). The van der Waals surface area contributed by atoms with Gasteiger partial charge in [0.05, 0.1) is 12.4 Å². The number of carbonyl (C=O) groups is 1. The summed E-state index contributed by atoms with van der Waals surface area (Å²) in [6, 6.07) is 10.1. The van der Waals surface area contributed by atoms with Crippen molar-refractivity contribution in [1.29, 1.82) is 0 Å². The molecule has 0 bridgehead atoms. The second-order valence-electron chi connectivity index (χ2n) is 4.97. The number of nitrogens with zero attached hydrogens (tertiary/aromatic N) is 3. The number of aryl methyl sites for hydroxylation is 1. The standard InChI is InChI=1S/C17H13ClN4O2/c1-11-3-2-4-16(21-11)22-17(23)12-5-13(18)7-14(6-12)24-15-8-19-10-20-9-15/h2-10H,1H3,(H,21,22,23). The number of pyridine rings is 1. The SMILES string of the molecule is Cc1cccc(NC(=O)c2cc(Cl)cc(Oc3cncnc3)c2)n1. The highest BCUT2D eigenvalue weighted by Gasteiger charge is 2.11. The highest BCUT2D eigenvalue weighted by atomic mass is 35.5. The Balaban J connectivity index is 1.81. The maximum absolute atomic E-state index is 12.4. The molecule has 0 fully saturated rings. The van der Waals surface area contributed by atoms with E-state index in [1.807, 2.05) is 19.1 Å². The number of carbonyl (C=O) groups excluding carboxylic acids is 1. The van der Waals surface area contributed by atoms with Crippen LogP contribution in [-0.2, 0) is 0 Å². The van der Waals surface area contributed by atoms with Crippen molar-refractivity contribution < 1.29 is 9.53 Å². The van der Waals surface area contributed by atoms with E-state index in [-0.39, 0.29) is 5.91 Å². The molecule has 0 saturated carbocycles. The second-order valence-corrected chi connectivity index (χ2v) is 5.41. The number of aromatic nitrogens is 3. The molecule has 0 saturated heterocycles. The van der Waals surface area contributed by atoms with Gasteiger partial charge < -0.3 is 10.1 Å². The molecule has 2 aromatic heterocycles. The molecule has 120 valence electrons. The summed E-state index contributed by atoms with van der Waals surface area (Å²) in [6.07, 6.45) is 4.44. The van der Waals surface area contributed by atoms with Crippen LogP contribution in [-0.4, -0.2) is 20.9 Å². The minimum atomic E-state index is -0.329. The Labute approximate surface area is 143 Å². The van der Waals surface area contributed by atoms with Crippen LogP contribution >= 0.6 is 11.6 Å². The fraction of sp³-hybridized carbons (Fsp3) is 0.0588. The Bertz CT molecular complexity index is 871. The van der Waals surface area contributed by atoms with E-state index in [9.17, 15) is 4.79 Å². The van der Waals surface area contributed by atoms with Crippen molar-refractivity contribution in [3.8, 4) is 11.5 Å². The molecule has 0 aliphatic rings. The van der Waals surface area contributed by atoms with Crippen molar-refractivity contribution in [3.63, 3.8) is 0 Å². The number of anilines is 1. The van der Waals surface area contributed by atoms with E-state index < -0.39 is 0 Å². The monoisotopic (exact) mass is 340 g/mol. The molecule has 0 aliphatic carbocycles. The first kappa shape index (κ1) is 15.9. The Hall–Kier alpha value is -2.99. The van der Waals surface area contributed by atoms with Crippen molar-refractivity contribution in [2.24, 2.45) is 0 Å². The minimum absolute atomic E-state index is 0.329. The van der Waals surface area contributed by atoms with Gasteiger partial charge in [0, 0.05) is 16.3 Å². The summed E-state index contributed by atoms with van der Waals surface area (Å²) < 4.78 is 5.61. The Kier molecular flexibility index (Phi) is 4.67. The van der Waals surface area contributed by atoms with Gasteiger partial charge in [-0.25, -0.2) is 15.0 Å². The average Bonchev–Trinajstić information content (AvgIpc) is 2.55. The highest BCUT2D eigenvalue weighted by molar-refractivity contribution is 6.31. The lowest BCUT2D eigenvalue weighted by Crippen LogP contribution is -2.13. The maximum atomic E-state index is 12.4. The normalized spacial score (nSPS) is 10.2. The van der Waals surface area contributed by atoms with E-state index in [1.165, 1.54) is 18.7 Å². The number of halogens is 1. The molecule has 24 heavy (non-hydrogen) atoms. The first-order valence-electron chi connectivity index (χ1n) is 7.08. The summed E-state index contributed by atoms with van der Waals surface area (Å²) in [7, 11) is 0. The van der Waals surface area contributed by atoms with E-state index in [0.717, 1.165) is 5.69 Å². The topological polar surface area (TPSA) is 77.0 Å². The van der Waals surface area contributed by atoms with E-state index in [2.05, 4.69) is 20.3 Å². The highest BCUT2D eigenvalue weighted by Crippen LogP contribution is 2.25. The fourth-order valence-corrected chi connectivity index (χ4v) is 2.25. The van der Waals surface area contributed by atoms with E-state index in [1.54, 1.807) is 24.3 Å². The van der Waals surface area contributed by atoms with Gasteiger partial charge in [-0.15, -0.1) is 0 Å². The molecule has 0 aliphatic heterocycles. The van der Waals surface area contributed by atoms with Crippen LogP contribution < -0.4 is 10.1 Å². The maximum Gasteiger partial charge on any atom is 0.257 e.